The second-order valence-electron chi connectivity index (χ2n) is 6.94. The van der Waals surface area contributed by atoms with Crippen molar-refractivity contribution in [3.05, 3.63) is 53.6 Å². The molecule has 2 N–H and O–H groups in total. The molecule has 0 unspecified atom stereocenters. The van der Waals surface area contributed by atoms with E-state index in [1.165, 1.54) is 12.1 Å². The first-order chi connectivity index (χ1) is 11.4. The third-order valence-electron chi connectivity index (χ3n) is 4.69. The number of carbonyl (C=O) groups excluding carboxylic acids is 1. The fraction of sp³-hybridized carbons (Fsp3) is 0.444. The zero-order chi connectivity index (χ0) is 17.3. The van der Waals surface area contributed by atoms with Crippen molar-refractivity contribution in [3.8, 4) is 0 Å². The molecular formula is C18H24ClFN4O. The number of rotatable bonds is 4. The lowest BCUT2D eigenvalue weighted by Gasteiger charge is -2.29. The summed E-state index contributed by atoms with van der Waals surface area (Å²) >= 11 is 0. The number of aromatic nitrogens is 2. The van der Waals surface area contributed by atoms with E-state index in [2.05, 4.69) is 15.7 Å². The molecule has 1 aromatic heterocycles. The van der Waals surface area contributed by atoms with Crippen LogP contribution in [0.4, 0.5) is 4.39 Å². The van der Waals surface area contributed by atoms with Gasteiger partial charge in [0.25, 0.3) is 0 Å². The first-order valence-corrected chi connectivity index (χ1v) is 8.14. The molecule has 1 aliphatic rings. The van der Waals surface area contributed by atoms with Gasteiger partial charge in [0.15, 0.2) is 0 Å². The fourth-order valence-electron chi connectivity index (χ4n) is 3.29. The van der Waals surface area contributed by atoms with Crippen molar-refractivity contribution in [3.63, 3.8) is 0 Å². The number of hydrogen-bond acceptors (Lipinski definition) is 3. The van der Waals surface area contributed by atoms with Gasteiger partial charge in [-0.25, -0.2) is 4.39 Å². The van der Waals surface area contributed by atoms with Gasteiger partial charge in [0, 0.05) is 32.3 Å². The molecule has 1 aliphatic heterocycles. The van der Waals surface area contributed by atoms with Gasteiger partial charge in [-0.05, 0) is 37.1 Å². The number of carbonyl (C=O) groups is 1. The molecular weight excluding hydrogens is 343 g/mol. The Bertz CT molecular complexity index is 746. The van der Waals surface area contributed by atoms with Gasteiger partial charge in [0.1, 0.15) is 5.82 Å². The summed E-state index contributed by atoms with van der Waals surface area (Å²) < 4.78 is 15.2. The SMILES string of the molecule is Cl.Cn1cc([C@H]2CNC[C@@H]2C(=O)NC(C)(C)c2cccc(F)c2)cn1. The third-order valence-corrected chi connectivity index (χ3v) is 4.69. The first kappa shape index (κ1) is 19.4. The molecule has 5 nitrogen and oxygen atoms in total. The summed E-state index contributed by atoms with van der Waals surface area (Å²) in [4.78, 5) is 12.8. The number of nitrogens with zero attached hydrogens (tertiary/aromatic N) is 2. The van der Waals surface area contributed by atoms with Crippen molar-refractivity contribution in [2.24, 2.45) is 13.0 Å². The first-order valence-electron chi connectivity index (χ1n) is 8.14. The van der Waals surface area contributed by atoms with Gasteiger partial charge in [-0.3, -0.25) is 9.48 Å². The Balaban J connectivity index is 0.00000225. The Labute approximate surface area is 153 Å². The van der Waals surface area contributed by atoms with Crippen LogP contribution in [0.5, 0.6) is 0 Å². The molecule has 0 saturated carbocycles. The zero-order valence-electron chi connectivity index (χ0n) is 14.6. The average molecular weight is 367 g/mol. The minimum atomic E-state index is -0.638. The number of aryl methyl sites for hydroxylation is 1. The van der Waals surface area contributed by atoms with Gasteiger partial charge in [-0.2, -0.15) is 5.10 Å². The van der Waals surface area contributed by atoms with E-state index >= 15 is 0 Å². The van der Waals surface area contributed by atoms with Crippen molar-refractivity contribution >= 4 is 18.3 Å². The molecule has 0 radical (unpaired) electrons. The van der Waals surface area contributed by atoms with Crippen molar-refractivity contribution in [2.75, 3.05) is 13.1 Å². The summed E-state index contributed by atoms with van der Waals surface area (Å²) in [5.74, 6) is -0.391. The normalized spacial score (nSPS) is 20.2. The Morgan fingerprint density at radius 1 is 1.40 bits per heavy atom. The molecule has 0 spiro atoms. The van der Waals surface area contributed by atoms with Crippen molar-refractivity contribution < 1.29 is 9.18 Å². The zero-order valence-corrected chi connectivity index (χ0v) is 15.4. The smallest absolute Gasteiger partial charge is 0.225 e. The van der Waals surface area contributed by atoms with E-state index in [0.29, 0.717) is 6.54 Å². The Hall–Kier alpha value is -1.92. The minimum Gasteiger partial charge on any atom is -0.347 e. The summed E-state index contributed by atoms with van der Waals surface area (Å²) in [6.07, 6.45) is 3.77. The van der Waals surface area contributed by atoms with Crippen LogP contribution in [-0.2, 0) is 17.4 Å². The lowest BCUT2D eigenvalue weighted by molar-refractivity contribution is -0.126. The monoisotopic (exact) mass is 366 g/mol. The summed E-state index contributed by atoms with van der Waals surface area (Å²) in [6.45, 7) is 5.16. The maximum Gasteiger partial charge on any atom is 0.225 e. The van der Waals surface area contributed by atoms with E-state index < -0.39 is 5.54 Å². The molecule has 3 rings (SSSR count). The van der Waals surface area contributed by atoms with E-state index in [1.54, 1.807) is 10.7 Å². The van der Waals surface area contributed by atoms with Crippen LogP contribution in [0.15, 0.2) is 36.7 Å². The second-order valence-corrected chi connectivity index (χ2v) is 6.94. The highest BCUT2D eigenvalue weighted by Gasteiger charge is 2.37. The molecule has 136 valence electrons. The topological polar surface area (TPSA) is 59.0 Å². The van der Waals surface area contributed by atoms with Crippen LogP contribution in [0, 0.1) is 11.7 Å². The van der Waals surface area contributed by atoms with Crippen LogP contribution in [0.2, 0.25) is 0 Å². The Morgan fingerprint density at radius 2 is 2.16 bits per heavy atom. The summed E-state index contributed by atoms with van der Waals surface area (Å²) in [5, 5.41) is 10.6. The van der Waals surface area contributed by atoms with E-state index in [-0.39, 0.29) is 36.0 Å². The number of nitrogens with one attached hydrogen (secondary N) is 2. The molecule has 0 aliphatic carbocycles. The molecule has 1 fully saturated rings. The quantitative estimate of drug-likeness (QED) is 0.873. The van der Waals surface area contributed by atoms with Crippen LogP contribution in [0.3, 0.4) is 0 Å². The molecule has 2 heterocycles. The van der Waals surface area contributed by atoms with Crippen molar-refractivity contribution in [1.82, 2.24) is 20.4 Å². The third kappa shape index (κ3) is 4.19. The summed E-state index contributed by atoms with van der Waals surface area (Å²) in [6, 6.07) is 6.36. The van der Waals surface area contributed by atoms with Crippen molar-refractivity contribution in [2.45, 2.75) is 25.3 Å². The predicted octanol–water partition coefficient (Wildman–Crippen LogP) is 2.34. The number of halogens is 2. The van der Waals surface area contributed by atoms with E-state index in [0.717, 1.165) is 17.7 Å². The molecule has 1 saturated heterocycles. The Kier molecular flexibility index (Phi) is 5.85. The highest BCUT2D eigenvalue weighted by Crippen LogP contribution is 2.29. The fourth-order valence-corrected chi connectivity index (χ4v) is 3.29. The largest absolute Gasteiger partial charge is 0.347 e. The predicted molar refractivity (Wildman–Crippen MR) is 97.1 cm³/mol. The maximum absolute atomic E-state index is 13.5. The molecule has 7 heteroatoms. The van der Waals surface area contributed by atoms with Crippen LogP contribution in [-0.4, -0.2) is 28.8 Å². The standard InChI is InChI=1S/C18H23FN4O.ClH/c1-18(2,13-5-4-6-14(19)7-13)22-17(24)16-10-20-9-15(16)12-8-21-23(3)11-12;/h4-8,11,15-16,20H,9-10H2,1-3H3,(H,22,24);1H/t15-,16+;/m1./s1. The lowest BCUT2D eigenvalue weighted by atomic mass is 9.88. The Morgan fingerprint density at radius 3 is 2.80 bits per heavy atom. The molecule has 0 bridgehead atoms. The van der Waals surface area contributed by atoms with Crippen LogP contribution in [0.1, 0.15) is 30.9 Å². The van der Waals surface area contributed by atoms with Crippen LogP contribution >= 0.6 is 12.4 Å². The molecule has 2 atom stereocenters. The van der Waals surface area contributed by atoms with E-state index in [9.17, 15) is 9.18 Å². The van der Waals surface area contributed by atoms with Gasteiger partial charge in [-0.1, -0.05) is 12.1 Å². The molecule has 1 amide bonds. The van der Waals surface area contributed by atoms with E-state index in [4.69, 9.17) is 0 Å². The highest BCUT2D eigenvalue weighted by molar-refractivity contribution is 5.85. The lowest BCUT2D eigenvalue weighted by Crippen LogP contribution is -2.45. The van der Waals surface area contributed by atoms with Gasteiger partial charge < -0.3 is 10.6 Å². The number of amides is 1. The van der Waals surface area contributed by atoms with Gasteiger partial charge >= 0.3 is 0 Å². The van der Waals surface area contributed by atoms with Crippen molar-refractivity contribution in [1.29, 1.82) is 0 Å². The van der Waals surface area contributed by atoms with Gasteiger partial charge in [0.05, 0.1) is 17.7 Å². The number of benzene rings is 1. The molecule has 2 aromatic rings. The molecule has 1 aromatic carbocycles. The van der Waals surface area contributed by atoms with Gasteiger partial charge in [0.2, 0.25) is 5.91 Å². The van der Waals surface area contributed by atoms with E-state index in [1.807, 2.05) is 39.4 Å². The van der Waals surface area contributed by atoms with Crippen LogP contribution < -0.4 is 10.6 Å². The average Bonchev–Trinajstić information content (AvgIpc) is 3.15. The van der Waals surface area contributed by atoms with Gasteiger partial charge in [-0.15, -0.1) is 12.4 Å². The molecule has 25 heavy (non-hydrogen) atoms. The number of hydrogen-bond donors (Lipinski definition) is 2. The summed E-state index contributed by atoms with van der Waals surface area (Å²) in [7, 11) is 1.87. The van der Waals surface area contributed by atoms with Crippen LogP contribution in [0.25, 0.3) is 0 Å². The highest BCUT2D eigenvalue weighted by atomic mass is 35.5. The maximum atomic E-state index is 13.5. The second kappa shape index (κ2) is 7.54. The minimum absolute atomic E-state index is 0. The summed E-state index contributed by atoms with van der Waals surface area (Å²) in [5.41, 5.74) is 1.17.